The van der Waals surface area contributed by atoms with Gasteiger partial charge >= 0.3 is 5.97 Å². The molecule has 0 aromatic heterocycles. The maximum absolute atomic E-state index is 11.6. The molecule has 0 spiro atoms. The van der Waals surface area contributed by atoms with Gasteiger partial charge in [-0.15, -0.1) is 6.58 Å². The lowest BCUT2D eigenvalue weighted by Crippen LogP contribution is -2.53. The zero-order chi connectivity index (χ0) is 26.4. The first-order valence-electron chi connectivity index (χ1n) is 13.7. The Morgan fingerprint density at radius 2 is 1.89 bits per heavy atom. The van der Waals surface area contributed by atoms with Crippen molar-refractivity contribution >= 4 is 5.97 Å². The summed E-state index contributed by atoms with van der Waals surface area (Å²) < 4.78 is 11.4. The fourth-order valence-corrected chi connectivity index (χ4v) is 7.92. The van der Waals surface area contributed by atoms with E-state index in [-0.39, 0.29) is 34.7 Å². The van der Waals surface area contributed by atoms with Gasteiger partial charge in [-0.25, -0.2) is 0 Å². The summed E-state index contributed by atoms with van der Waals surface area (Å²) >= 11 is 0. The van der Waals surface area contributed by atoms with Crippen molar-refractivity contribution in [2.24, 2.45) is 16.7 Å². The second kappa shape index (κ2) is 9.92. The Hall–Kier alpha value is -2.63. The van der Waals surface area contributed by atoms with Crippen molar-refractivity contribution in [1.82, 2.24) is 4.90 Å². The van der Waals surface area contributed by atoms with Crippen molar-refractivity contribution < 1.29 is 19.4 Å². The van der Waals surface area contributed by atoms with Crippen LogP contribution in [-0.4, -0.2) is 49.3 Å². The number of aliphatic hydroxyl groups is 1. The number of fused-ring (bicyclic) bond motifs is 5. The number of rotatable bonds is 7. The van der Waals surface area contributed by atoms with Gasteiger partial charge in [0.25, 0.3) is 0 Å². The molecule has 5 nitrogen and oxygen atoms in total. The van der Waals surface area contributed by atoms with E-state index in [0.29, 0.717) is 18.3 Å². The third kappa shape index (κ3) is 4.51. The third-order valence-electron chi connectivity index (χ3n) is 9.61. The Bertz CT molecular complexity index is 1160. The molecule has 37 heavy (non-hydrogen) atoms. The number of aryl methyl sites for hydroxylation is 1. The van der Waals surface area contributed by atoms with Gasteiger partial charge in [-0.05, 0) is 110 Å². The number of carbonyl (C=O) groups is 1. The third-order valence-corrected chi connectivity index (χ3v) is 9.61. The van der Waals surface area contributed by atoms with Crippen LogP contribution >= 0.6 is 0 Å². The highest BCUT2D eigenvalue weighted by atomic mass is 16.5. The number of nitrogens with zero attached hydrogens (tertiary/aromatic N) is 1. The van der Waals surface area contributed by atoms with E-state index < -0.39 is 0 Å². The predicted molar refractivity (Wildman–Crippen MR) is 146 cm³/mol. The van der Waals surface area contributed by atoms with Gasteiger partial charge in [-0.1, -0.05) is 31.2 Å². The van der Waals surface area contributed by atoms with Gasteiger partial charge in [0.1, 0.15) is 18.1 Å². The normalized spacial score (nSPS) is 32.3. The summed E-state index contributed by atoms with van der Waals surface area (Å²) in [4.78, 5) is 13.7. The fraction of sp³-hybridized carbons (Fsp3) is 0.531. The number of aliphatic hydroxyl groups excluding tert-OH is 1. The quantitative estimate of drug-likeness (QED) is 0.298. The number of benzene rings is 2. The summed E-state index contributed by atoms with van der Waals surface area (Å²) in [5.41, 5.74) is 3.64. The minimum atomic E-state index is -0.296. The zero-order valence-electron chi connectivity index (χ0n) is 22.7. The molecule has 0 amide bonds. The Kier molecular flexibility index (Phi) is 6.97. The molecule has 198 valence electrons. The minimum absolute atomic E-state index is 0.0913. The van der Waals surface area contributed by atoms with Crippen LogP contribution < -0.4 is 9.47 Å². The van der Waals surface area contributed by atoms with E-state index in [1.54, 1.807) is 0 Å². The molecule has 1 N–H and O–H groups in total. The van der Waals surface area contributed by atoms with Gasteiger partial charge in [0, 0.05) is 19.4 Å². The zero-order valence-corrected chi connectivity index (χ0v) is 22.7. The number of ether oxygens (including phenoxy) is 2. The van der Waals surface area contributed by atoms with Crippen LogP contribution in [0.15, 0.2) is 55.1 Å². The predicted octanol–water partition coefficient (Wildman–Crippen LogP) is 5.72. The Balaban J connectivity index is 1.56. The summed E-state index contributed by atoms with van der Waals surface area (Å²) in [5, 5.41) is 11.2. The lowest BCUT2D eigenvalue weighted by molar-refractivity contribution is -0.131. The van der Waals surface area contributed by atoms with Crippen molar-refractivity contribution in [1.29, 1.82) is 0 Å². The smallest absolute Gasteiger partial charge is 0.308 e. The molecule has 0 radical (unpaired) electrons. The summed E-state index contributed by atoms with van der Waals surface area (Å²) in [5.74, 6) is 2.09. The number of esters is 1. The highest BCUT2D eigenvalue weighted by molar-refractivity contribution is 5.69. The van der Waals surface area contributed by atoms with Gasteiger partial charge < -0.3 is 19.5 Å². The molecule has 0 heterocycles. The van der Waals surface area contributed by atoms with E-state index in [9.17, 15) is 9.90 Å². The van der Waals surface area contributed by atoms with Crippen LogP contribution in [0.3, 0.4) is 0 Å². The lowest BCUT2D eigenvalue weighted by atomic mass is 9.44. The van der Waals surface area contributed by atoms with E-state index in [0.717, 1.165) is 44.4 Å². The highest BCUT2D eigenvalue weighted by Crippen LogP contribution is 2.71. The first kappa shape index (κ1) is 26.0. The van der Waals surface area contributed by atoms with Crippen LogP contribution in [0.1, 0.15) is 68.1 Å². The molecular weight excluding hydrogens is 462 g/mol. The van der Waals surface area contributed by atoms with E-state index in [2.05, 4.69) is 60.9 Å². The molecule has 0 aliphatic heterocycles. The molecule has 2 aromatic carbocycles. The molecule has 0 bridgehead atoms. The SMILES string of the molecule is C=C[C@@]12CCc3cc(OC(C)=O)ccc3C1[C@@H](c1ccc(OCCN(C)C)cc1)C[C@@]1(C)C2CC[C@@H]1O. The molecule has 2 saturated carbocycles. The van der Waals surface area contributed by atoms with Gasteiger partial charge in [0.05, 0.1) is 6.10 Å². The Morgan fingerprint density at radius 1 is 1.16 bits per heavy atom. The summed E-state index contributed by atoms with van der Waals surface area (Å²) in [7, 11) is 4.09. The maximum Gasteiger partial charge on any atom is 0.308 e. The van der Waals surface area contributed by atoms with Crippen molar-refractivity contribution in [2.45, 2.75) is 63.9 Å². The molecule has 2 aromatic rings. The number of hydrogen-bond donors (Lipinski definition) is 1. The summed E-state index contributed by atoms with van der Waals surface area (Å²) in [6.45, 7) is 9.70. The number of hydrogen-bond acceptors (Lipinski definition) is 5. The molecular formula is C32H41NO4. The standard InChI is InChI=1S/C32H41NO4/c1-6-32-16-15-23-19-25(37-21(2)34)11-12-26(23)30(32)27(20-31(3)28(32)13-14-29(31)35)22-7-9-24(10-8-22)36-18-17-33(4)5/h6-12,19,27-30,35H,1,13-18,20H2,2-5H3/t27-,28?,29+,30?,31+,32+/m1/s1. The van der Waals surface area contributed by atoms with E-state index in [1.165, 1.54) is 23.6 Å². The average Bonchev–Trinajstić information content (AvgIpc) is 3.17. The topological polar surface area (TPSA) is 59.0 Å². The van der Waals surface area contributed by atoms with Crippen LogP contribution in [-0.2, 0) is 11.2 Å². The molecule has 0 saturated heterocycles. The van der Waals surface area contributed by atoms with Gasteiger partial charge in [-0.3, -0.25) is 4.79 Å². The van der Waals surface area contributed by atoms with Crippen molar-refractivity contribution in [3.8, 4) is 11.5 Å². The highest BCUT2D eigenvalue weighted by Gasteiger charge is 2.63. The molecule has 3 aliphatic rings. The molecule has 3 aliphatic carbocycles. The number of likely N-dealkylation sites (N-methyl/N-ethyl adjacent to an activating group) is 1. The summed E-state index contributed by atoms with van der Waals surface area (Å²) in [6, 6.07) is 14.8. The second-order valence-electron chi connectivity index (χ2n) is 11.9. The molecule has 5 heteroatoms. The van der Waals surface area contributed by atoms with Gasteiger partial charge in [0.2, 0.25) is 0 Å². The minimum Gasteiger partial charge on any atom is -0.492 e. The Morgan fingerprint density at radius 3 is 2.57 bits per heavy atom. The van der Waals surface area contributed by atoms with Crippen LogP contribution in [0.5, 0.6) is 11.5 Å². The number of carbonyl (C=O) groups excluding carboxylic acids is 1. The van der Waals surface area contributed by atoms with E-state index in [1.807, 2.05) is 20.2 Å². The average molecular weight is 504 g/mol. The number of allylic oxidation sites excluding steroid dienone is 1. The van der Waals surface area contributed by atoms with Gasteiger partial charge in [-0.2, -0.15) is 0 Å². The van der Waals surface area contributed by atoms with Crippen LogP contribution in [0.2, 0.25) is 0 Å². The molecule has 2 unspecified atom stereocenters. The van der Waals surface area contributed by atoms with Crippen molar-refractivity contribution in [3.63, 3.8) is 0 Å². The molecule has 5 rings (SSSR count). The second-order valence-corrected chi connectivity index (χ2v) is 11.9. The van der Waals surface area contributed by atoms with Crippen LogP contribution in [0, 0.1) is 16.7 Å². The fourth-order valence-electron chi connectivity index (χ4n) is 7.92. The van der Waals surface area contributed by atoms with E-state index in [4.69, 9.17) is 9.47 Å². The van der Waals surface area contributed by atoms with Crippen molar-refractivity contribution in [3.05, 3.63) is 71.8 Å². The molecule has 2 fully saturated rings. The first-order chi connectivity index (χ1) is 17.7. The maximum atomic E-state index is 11.6. The lowest BCUT2D eigenvalue weighted by Gasteiger charge is -2.60. The Labute approximate surface area is 221 Å². The monoisotopic (exact) mass is 503 g/mol. The van der Waals surface area contributed by atoms with Crippen LogP contribution in [0.4, 0.5) is 0 Å². The summed E-state index contributed by atoms with van der Waals surface area (Å²) in [6.07, 6.45) is 6.67. The van der Waals surface area contributed by atoms with Gasteiger partial charge in [0.15, 0.2) is 0 Å². The van der Waals surface area contributed by atoms with Crippen molar-refractivity contribution in [2.75, 3.05) is 27.2 Å². The molecule has 6 atom stereocenters. The largest absolute Gasteiger partial charge is 0.492 e. The van der Waals surface area contributed by atoms with E-state index >= 15 is 0 Å². The van der Waals surface area contributed by atoms with Crippen LogP contribution in [0.25, 0.3) is 0 Å². The first-order valence-corrected chi connectivity index (χ1v) is 13.7.